The largest absolute Gasteiger partial charge is 0.0884 e. The Morgan fingerprint density at radius 3 is 2.17 bits per heavy atom. The summed E-state index contributed by atoms with van der Waals surface area (Å²) in [6.45, 7) is 0. The molecule has 1 aromatic carbocycles. The monoisotopic (exact) mass is 328 g/mol. The highest BCUT2D eigenvalue weighted by atomic mass is 79.9. The van der Waals surface area contributed by atoms with E-state index < -0.39 is 0 Å². The van der Waals surface area contributed by atoms with Gasteiger partial charge in [0.15, 0.2) is 0 Å². The maximum atomic E-state index is 5.92. The maximum Gasteiger partial charge on any atom is 0.0406 e. The van der Waals surface area contributed by atoms with Gasteiger partial charge in [-0.3, -0.25) is 0 Å². The van der Waals surface area contributed by atoms with E-state index in [1.807, 2.05) is 12.1 Å². The minimum absolute atomic E-state index is 0.622. The smallest absolute Gasteiger partial charge is 0.0406 e. The molecule has 100 valence electrons. The van der Waals surface area contributed by atoms with E-state index >= 15 is 0 Å². The van der Waals surface area contributed by atoms with Gasteiger partial charge >= 0.3 is 0 Å². The van der Waals surface area contributed by atoms with E-state index in [1.54, 1.807) is 0 Å². The van der Waals surface area contributed by atoms with Gasteiger partial charge in [0.25, 0.3) is 0 Å². The van der Waals surface area contributed by atoms with Crippen molar-refractivity contribution >= 4 is 27.5 Å². The van der Waals surface area contributed by atoms with E-state index in [0.717, 1.165) is 17.4 Å². The Balaban J connectivity index is 1.89. The van der Waals surface area contributed by atoms with Crippen molar-refractivity contribution in [2.24, 2.45) is 5.92 Å². The Labute approximate surface area is 124 Å². The molecule has 1 atom stereocenters. The first kappa shape index (κ1) is 14.4. The third-order valence-corrected chi connectivity index (χ3v) is 5.33. The zero-order chi connectivity index (χ0) is 12.8. The quantitative estimate of drug-likeness (QED) is 0.596. The Morgan fingerprint density at radius 2 is 1.56 bits per heavy atom. The third-order valence-electron chi connectivity index (χ3n) is 4.01. The summed E-state index contributed by atoms with van der Waals surface area (Å²) >= 11 is 9.85. The molecule has 1 aromatic rings. The number of rotatable bonds is 3. The van der Waals surface area contributed by atoms with Crippen molar-refractivity contribution < 1.29 is 0 Å². The fourth-order valence-electron chi connectivity index (χ4n) is 2.86. The molecule has 0 radical (unpaired) electrons. The molecule has 0 aromatic heterocycles. The van der Waals surface area contributed by atoms with Crippen LogP contribution in [0.3, 0.4) is 0 Å². The second-order valence-corrected chi connectivity index (χ2v) is 7.06. The van der Waals surface area contributed by atoms with Crippen LogP contribution in [0.1, 0.15) is 50.5 Å². The van der Waals surface area contributed by atoms with Crippen molar-refractivity contribution in [1.29, 1.82) is 0 Å². The molecule has 1 fully saturated rings. The van der Waals surface area contributed by atoms with Crippen LogP contribution in [0.15, 0.2) is 24.3 Å². The molecule has 2 heteroatoms. The van der Waals surface area contributed by atoms with Crippen LogP contribution in [-0.4, -0.2) is 4.83 Å². The topological polar surface area (TPSA) is 0 Å². The van der Waals surface area contributed by atoms with E-state index in [4.69, 9.17) is 11.6 Å². The maximum absolute atomic E-state index is 5.92. The molecule has 18 heavy (non-hydrogen) atoms. The summed E-state index contributed by atoms with van der Waals surface area (Å²) in [5, 5.41) is 0.829. The molecule has 0 nitrogen and oxygen atoms in total. The van der Waals surface area contributed by atoms with Gasteiger partial charge in [-0.15, -0.1) is 0 Å². The average molecular weight is 330 g/mol. The molecule has 0 amide bonds. The van der Waals surface area contributed by atoms with Crippen molar-refractivity contribution in [3.05, 3.63) is 34.9 Å². The summed E-state index contributed by atoms with van der Waals surface area (Å²) in [6, 6.07) is 8.29. The van der Waals surface area contributed by atoms with Crippen LogP contribution < -0.4 is 0 Å². The Hall–Kier alpha value is -0.0100. The highest BCUT2D eigenvalue weighted by Crippen LogP contribution is 2.30. The Bertz CT molecular complexity index is 339. The highest BCUT2D eigenvalue weighted by Gasteiger charge is 2.19. The molecule has 0 spiro atoms. The van der Waals surface area contributed by atoms with Crippen LogP contribution in [0.25, 0.3) is 0 Å². The molecule has 1 aliphatic carbocycles. The highest BCUT2D eigenvalue weighted by molar-refractivity contribution is 9.09. The molecule has 0 bridgehead atoms. The number of hydrogen-bond acceptors (Lipinski definition) is 0. The predicted octanol–water partition coefficient (Wildman–Crippen LogP) is 6.01. The van der Waals surface area contributed by atoms with Crippen LogP contribution >= 0.6 is 27.5 Å². The van der Waals surface area contributed by atoms with Gasteiger partial charge in [0.05, 0.1) is 0 Å². The van der Waals surface area contributed by atoms with Crippen molar-refractivity contribution in [2.45, 2.75) is 56.2 Å². The van der Waals surface area contributed by atoms with Crippen LogP contribution in [0.2, 0.25) is 5.02 Å². The number of alkyl halides is 1. The van der Waals surface area contributed by atoms with Gasteiger partial charge in [0.2, 0.25) is 0 Å². The lowest BCUT2D eigenvalue weighted by Crippen LogP contribution is -2.18. The van der Waals surface area contributed by atoms with Gasteiger partial charge in [-0.05, 0) is 42.9 Å². The van der Waals surface area contributed by atoms with Crippen LogP contribution in [-0.2, 0) is 6.42 Å². The molecule has 0 heterocycles. The lowest BCUT2D eigenvalue weighted by atomic mass is 9.87. The van der Waals surface area contributed by atoms with Gasteiger partial charge in [-0.25, -0.2) is 0 Å². The summed E-state index contributed by atoms with van der Waals surface area (Å²) in [5.41, 5.74) is 1.39. The fourth-order valence-corrected chi connectivity index (χ4v) is 3.89. The van der Waals surface area contributed by atoms with Crippen molar-refractivity contribution in [3.63, 3.8) is 0 Å². The van der Waals surface area contributed by atoms with Gasteiger partial charge in [-0.2, -0.15) is 0 Å². The van der Waals surface area contributed by atoms with E-state index in [0.29, 0.717) is 4.83 Å². The second-order valence-electron chi connectivity index (χ2n) is 5.45. The standard InChI is InChI=1S/C16H22BrCl/c17-16(12-13-8-10-15(18)11-9-13)14-6-4-2-1-3-5-7-14/h8-11,14,16H,1-7,12H2. The summed E-state index contributed by atoms with van der Waals surface area (Å²) in [6.07, 6.45) is 11.0. The average Bonchev–Trinajstić information content (AvgIpc) is 2.31. The molecule has 1 aliphatic rings. The molecule has 0 saturated heterocycles. The third kappa shape index (κ3) is 4.59. The van der Waals surface area contributed by atoms with Gasteiger partial charge in [0, 0.05) is 9.85 Å². The number of benzene rings is 1. The van der Waals surface area contributed by atoms with Crippen LogP contribution in [0.4, 0.5) is 0 Å². The first-order valence-electron chi connectivity index (χ1n) is 7.14. The molecule has 1 unspecified atom stereocenters. The predicted molar refractivity (Wildman–Crippen MR) is 83.7 cm³/mol. The second kappa shape index (κ2) is 7.55. The molecule has 1 saturated carbocycles. The van der Waals surface area contributed by atoms with E-state index in [2.05, 4.69) is 28.1 Å². The summed E-state index contributed by atoms with van der Waals surface area (Å²) < 4.78 is 0. The van der Waals surface area contributed by atoms with E-state index in [9.17, 15) is 0 Å². The van der Waals surface area contributed by atoms with Crippen LogP contribution in [0.5, 0.6) is 0 Å². The minimum Gasteiger partial charge on any atom is -0.0884 e. The molecular weight excluding hydrogens is 308 g/mol. The van der Waals surface area contributed by atoms with Gasteiger partial charge < -0.3 is 0 Å². The lowest BCUT2D eigenvalue weighted by Gasteiger charge is -2.24. The summed E-state index contributed by atoms with van der Waals surface area (Å²) in [7, 11) is 0. The summed E-state index contributed by atoms with van der Waals surface area (Å²) in [4.78, 5) is 0.622. The minimum atomic E-state index is 0.622. The summed E-state index contributed by atoms with van der Waals surface area (Å²) in [5.74, 6) is 0.848. The molecule has 0 N–H and O–H groups in total. The normalized spacial score (nSPS) is 20.1. The Kier molecular flexibility index (Phi) is 6.04. The first-order chi connectivity index (χ1) is 8.75. The van der Waals surface area contributed by atoms with E-state index in [-0.39, 0.29) is 0 Å². The fraction of sp³-hybridized carbons (Fsp3) is 0.625. The SMILES string of the molecule is Clc1ccc(CC(Br)C2CCCCCCC2)cc1. The zero-order valence-corrected chi connectivity index (χ0v) is 13.2. The van der Waals surface area contributed by atoms with Crippen LogP contribution in [0, 0.1) is 5.92 Å². The van der Waals surface area contributed by atoms with Crippen molar-refractivity contribution in [1.82, 2.24) is 0 Å². The number of halogens is 2. The first-order valence-corrected chi connectivity index (χ1v) is 8.43. The van der Waals surface area contributed by atoms with Crippen molar-refractivity contribution in [2.75, 3.05) is 0 Å². The van der Waals surface area contributed by atoms with Gasteiger partial charge in [0.1, 0.15) is 0 Å². The zero-order valence-electron chi connectivity index (χ0n) is 10.9. The van der Waals surface area contributed by atoms with Crippen molar-refractivity contribution in [3.8, 4) is 0 Å². The molecular formula is C16H22BrCl. The molecule has 2 rings (SSSR count). The number of hydrogen-bond donors (Lipinski definition) is 0. The van der Waals surface area contributed by atoms with Gasteiger partial charge in [-0.1, -0.05) is 71.8 Å². The lowest BCUT2D eigenvalue weighted by molar-refractivity contribution is 0.370. The Morgan fingerprint density at radius 1 is 1.00 bits per heavy atom. The molecule has 0 aliphatic heterocycles. The van der Waals surface area contributed by atoms with E-state index in [1.165, 1.54) is 50.5 Å².